The zero-order valence-corrected chi connectivity index (χ0v) is 14.5. The molecule has 128 valence electrons. The van der Waals surface area contributed by atoms with Crippen LogP contribution in [0.3, 0.4) is 0 Å². The maximum Gasteiger partial charge on any atom is 0.230 e. The van der Waals surface area contributed by atoms with Crippen molar-refractivity contribution >= 4 is 17.7 Å². The van der Waals surface area contributed by atoms with Gasteiger partial charge in [0.15, 0.2) is 11.5 Å². The summed E-state index contributed by atoms with van der Waals surface area (Å²) in [5.41, 5.74) is 1.80. The molecule has 1 N–H and O–H groups in total. The Hall–Kier alpha value is -2.21. The molecule has 0 saturated carbocycles. The molecule has 0 aromatic heterocycles. The Kier molecular flexibility index (Phi) is 6.93. The number of benzene rings is 2. The van der Waals surface area contributed by atoms with Crippen LogP contribution in [-0.2, 0) is 17.1 Å². The Bertz CT molecular complexity index is 694. The number of methoxy groups -OCH3 is 2. The van der Waals surface area contributed by atoms with Gasteiger partial charge in [-0.05, 0) is 35.4 Å². The highest BCUT2D eigenvalue weighted by Gasteiger charge is 2.06. The van der Waals surface area contributed by atoms with Crippen LogP contribution in [-0.4, -0.2) is 25.9 Å². The molecule has 0 saturated heterocycles. The van der Waals surface area contributed by atoms with E-state index in [1.165, 1.54) is 23.9 Å². The first-order valence-electron chi connectivity index (χ1n) is 7.42. The molecule has 6 heteroatoms. The molecule has 0 bridgehead atoms. The third kappa shape index (κ3) is 5.45. The standard InChI is InChI=1S/C18H20FNO3S/c1-22-16-7-6-13(9-17(16)23-2)10-20-18(21)12-24-11-14-4-3-5-15(19)8-14/h3-9H,10-12H2,1-2H3,(H,20,21). The lowest BCUT2D eigenvalue weighted by molar-refractivity contribution is -0.118. The van der Waals surface area contributed by atoms with Crippen molar-refractivity contribution < 1.29 is 18.7 Å². The van der Waals surface area contributed by atoms with Crippen LogP contribution in [0.2, 0.25) is 0 Å². The summed E-state index contributed by atoms with van der Waals surface area (Å²) in [4.78, 5) is 11.9. The summed E-state index contributed by atoms with van der Waals surface area (Å²) in [6, 6.07) is 11.9. The lowest BCUT2D eigenvalue weighted by Gasteiger charge is -2.10. The summed E-state index contributed by atoms with van der Waals surface area (Å²) in [7, 11) is 3.15. The second-order valence-corrected chi connectivity index (χ2v) is 6.07. The van der Waals surface area contributed by atoms with Crippen molar-refractivity contribution in [2.24, 2.45) is 0 Å². The average molecular weight is 349 g/mol. The molecule has 0 fully saturated rings. The lowest BCUT2D eigenvalue weighted by atomic mass is 10.2. The fourth-order valence-electron chi connectivity index (χ4n) is 2.13. The fraction of sp³-hybridized carbons (Fsp3) is 0.278. The summed E-state index contributed by atoms with van der Waals surface area (Å²) < 4.78 is 23.5. The van der Waals surface area contributed by atoms with Gasteiger partial charge in [-0.15, -0.1) is 11.8 Å². The van der Waals surface area contributed by atoms with E-state index in [1.54, 1.807) is 26.4 Å². The number of hydrogen-bond donors (Lipinski definition) is 1. The van der Waals surface area contributed by atoms with Gasteiger partial charge in [0.1, 0.15) is 5.82 Å². The second-order valence-electron chi connectivity index (χ2n) is 5.09. The molecule has 0 radical (unpaired) electrons. The summed E-state index contributed by atoms with van der Waals surface area (Å²) in [5, 5.41) is 2.86. The number of amides is 1. The van der Waals surface area contributed by atoms with Crippen molar-refractivity contribution in [2.45, 2.75) is 12.3 Å². The number of ether oxygens (including phenoxy) is 2. The van der Waals surface area contributed by atoms with Gasteiger partial charge in [0.25, 0.3) is 0 Å². The van der Waals surface area contributed by atoms with Gasteiger partial charge < -0.3 is 14.8 Å². The molecule has 2 aromatic carbocycles. The molecule has 0 unspecified atom stereocenters. The van der Waals surface area contributed by atoms with Crippen molar-refractivity contribution in [1.82, 2.24) is 5.32 Å². The maximum atomic E-state index is 13.1. The van der Waals surface area contributed by atoms with Crippen LogP contribution < -0.4 is 14.8 Å². The molecule has 0 heterocycles. The molecular weight excluding hydrogens is 329 g/mol. The highest BCUT2D eigenvalue weighted by molar-refractivity contribution is 7.99. The Balaban J connectivity index is 1.77. The lowest BCUT2D eigenvalue weighted by Crippen LogP contribution is -2.24. The van der Waals surface area contributed by atoms with Crippen molar-refractivity contribution in [2.75, 3.05) is 20.0 Å². The highest BCUT2D eigenvalue weighted by Crippen LogP contribution is 2.27. The predicted molar refractivity (Wildman–Crippen MR) is 94.0 cm³/mol. The Labute approximate surface area is 145 Å². The first-order chi connectivity index (χ1) is 11.6. The monoisotopic (exact) mass is 349 g/mol. The molecule has 1 amide bonds. The molecule has 0 atom stereocenters. The van der Waals surface area contributed by atoms with Gasteiger partial charge in [-0.1, -0.05) is 18.2 Å². The van der Waals surface area contributed by atoms with E-state index in [4.69, 9.17) is 9.47 Å². The van der Waals surface area contributed by atoms with Gasteiger partial charge in [-0.2, -0.15) is 0 Å². The summed E-state index contributed by atoms with van der Waals surface area (Å²) in [5.74, 6) is 1.88. The van der Waals surface area contributed by atoms with Gasteiger partial charge in [-0.25, -0.2) is 4.39 Å². The van der Waals surface area contributed by atoms with E-state index < -0.39 is 0 Å². The van der Waals surface area contributed by atoms with Crippen molar-refractivity contribution in [3.05, 3.63) is 59.4 Å². The zero-order chi connectivity index (χ0) is 17.4. The van der Waals surface area contributed by atoms with Crippen molar-refractivity contribution in [3.63, 3.8) is 0 Å². The Morgan fingerprint density at radius 2 is 1.88 bits per heavy atom. The molecule has 0 aliphatic heterocycles. The second kappa shape index (κ2) is 9.17. The molecule has 0 aliphatic rings. The topological polar surface area (TPSA) is 47.6 Å². The number of halogens is 1. The number of carbonyl (C=O) groups excluding carboxylic acids is 1. The Morgan fingerprint density at radius 3 is 2.58 bits per heavy atom. The summed E-state index contributed by atoms with van der Waals surface area (Å²) in [6.07, 6.45) is 0. The first-order valence-corrected chi connectivity index (χ1v) is 8.57. The fourth-order valence-corrected chi connectivity index (χ4v) is 2.94. The normalized spacial score (nSPS) is 10.3. The van der Waals surface area contributed by atoms with Crippen LogP contribution in [0.4, 0.5) is 4.39 Å². The summed E-state index contributed by atoms with van der Waals surface area (Å²) in [6.45, 7) is 0.416. The largest absolute Gasteiger partial charge is 0.493 e. The van der Waals surface area contributed by atoms with Crippen LogP contribution in [0, 0.1) is 5.82 Å². The van der Waals surface area contributed by atoms with Gasteiger partial charge in [0, 0.05) is 12.3 Å². The third-order valence-electron chi connectivity index (χ3n) is 3.33. The SMILES string of the molecule is COc1ccc(CNC(=O)CSCc2cccc(F)c2)cc1OC. The summed E-state index contributed by atoms with van der Waals surface area (Å²) >= 11 is 1.45. The minimum Gasteiger partial charge on any atom is -0.493 e. The molecule has 24 heavy (non-hydrogen) atoms. The molecule has 0 aliphatic carbocycles. The maximum absolute atomic E-state index is 13.1. The van der Waals surface area contributed by atoms with Gasteiger partial charge in [-0.3, -0.25) is 4.79 Å². The molecular formula is C18H20FNO3S. The smallest absolute Gasteiger partial charge is 0.230 e. The Morgan fingerprint density at radius 1 is 1.08 bits per heavy atom. The predicted octanol–water partition coefficient (Wildman–Crippen LogP) is 3.39. The quantitative estimate of drug-likeness (QED) is 0.794. The molecule has 0 spiro atoms. The average Bonchev–Trinajstić information content (AvgIpc) is 2.59. The van der Waals surface area contributed by atoms with Gasteiger partial charge in [0.2, 0.25) is 5.91 Å². The van der Waals surface area contributed by atoms with E-state index in [0.29, 0.717) is 29.5 Å². The molecule has 4 nitrogen and oxygen atoms in total. The van der Waals surface area contributed by atoms with Gasteiger partial charge in [0.05, 0.1) is 20.0 Å². The minimum absolute atomic E-state index is 0.0637. The molecule has 2 aromatic rings. The van der Waals surface area contributed by atoms with Crippen LogP contribution in [0.1, 0.15) is 11.1 Å². The van der Waals surface area contributed by atoms with Crippen LogP contribution in [0.25, 0.3) is 0 Å². The van der Waals surface area contributed by atoms with Gasteiger partial charge >= 0.3 is 0 Å². The van der Waals surface area contributed by atoms with Crippen molar-refractivity contribution in [1.29, 1.82) is 0 Å². The minimum atomic E-state index is -0.258. The highest BCUT2D eigenvalue weighted by atomic mass is 32.2. The number of carbonyl (C=O) groups is 1. The van der Waals surface area contributed by atoms with E-state index >= 15 is 0 Å². The number of nitrogens with one attached hydrogen (secondary N) is 1. The van der Waals surface area contributed by atoms with E-state index in [2.05, 4.69) is 5.32 Å². The van der Waals surface area contributed by atoms with E-state index in [0.717, 1.165) is 11.1 Å². The van der Waals surface area contributed by atoms with Crippen LogP contribution in [0.15, 0.2) is 42.5 Å². The van der Waals surface area contributed by atoms with Crippen LogP contribution >= 0.6 is 11.8 Å². The third-order valence-corrected chi connectivity index (χ3v) is 4.33. The zero-order valence-electron chi connectivity index (χ0n) is 13.7. The number of rotatable bonds is 8. The van der Waals surface area contributed by atoms with E-state index in [1.807, 2.05) is 18.2 Å². The van der Waals surface area contributed by atoms with Crippen molar-refractivity contribution in [3.8, 4) is 11.5 Å². The van der Waals surface area contributed by atoms with E-state index in [-0.39, 0.29) is 11.7 Å². The van der Waals surface area contributed by atoms with Crippen LogP contribution in [0.5, 0.6) is 11.5 Å². The first kappa shape index (κ1) is 18.1. The van der Waals surface area contributed by atoms with E-state index in [9.17, 15) is 9.18 Å². The number of thioether (sulfide) groups is 1. The number of hydrogen-bond acceptors (Lipinski definition) is 4. The molecule has 2 rings (SSSR count).